The van der Waals surface area contributed by atoms with Crippen molar-refractivity contribution in [2.75, 3.05) is 0 Å². The van der Waals surface area contributed by atoms with Crippen molar-refractivity contribution in [3.8, 4) is 0 Å². The fourth-order valence-corrected chi connectivity index (χ4v) is 0.459. The quantitative estimate of drug-likeness (QED) is 0.503. The second kappa shape index (κ2) is 2.36. The average Bonchev–Trinajstić information content (AvgIpc) is 2.62. The number of carbonyl (C=O) groups is 1. The van der Waals surface area contributed by atoms with Gasteiger partial charge in [0.05, 0.1) is 0 Å². The van der Waals surface area contributed by atoms with E-state index in [0.717, 1.165) is 0 Å². The number of nitrogens with zero attached hydrogens (tertiary/aromatic N) is 2. The second-order valence-corrected chi connectivity index (χ2v) is 2.08. The summed E-state index contributed by atoms with van der Waals surface area (Å²) in [4.78, 5) is 10.2. The number of carbonyl (C=O) groups excluding carboxylic acids is 1. The van der Waals surface area contributed by atoms with Gasteiger partial charge < -0.3 is 0 Å². The molecular formula is C4F6N2O. The first kappa shape index (κ1) is 9.81. The van der Waals surface area contributed by atoms with Crippen LogP contribution in [0.15, 0.2) is 5.10 Å². The van der Waals surface area contributed by atoms with Crippen LogP contribution in [0.25, 0.3) is 0 Å². The van der Waals surface area contributed by atoms with Gasteiger partial charge in [0, 0.05) is 0 Å². The van der Waals surface area contributed by atoms with Crippen molar-refractivity contribution in [1.29, 1.82) is 0 Å². The van der Waals surface area contributed by atoms with Crippen LogP contribution in [-0.4, -0.2) is 28.9 Å². The van der Waals surface area contributed by atoms with Crippen molar-refractivity contribution in [1.82, 2.24) is 5.23 Å². The predicted octanol–water partition coefficient (Wildman–Crippen LogP) is 1.27. The maximum atomic E-state index is 12.0. The lowest BCUT2D eigenvalue weighted by atomic mass is 10.2. The van der Waals surface area contributed by atoms with E-state index in [1.807, 2.05) is 0 Å². The van der Waals surface area contributed by atoms with Crippen LogP contribution in [0.1, 0.15) is 0 Å². The molecule has 0 spiro atoms. The van der Waals surface area contributed by atoms with Gasteiger partial charge in [0.25, 0.3) is 11.6 Å². The summed E-state index contributed by atoms with van der Waals surface area (Å²) < 4.78 is 70.0. The van der Waals surface area contributed by atoms with Gasteiger partial charge in [-0.2, -0.15) is 22.0 Å². The Morgan fingerprint density at radius 3 is 1.85 bits per heavy atom. The van der Waals surface area contributed by atoms with Gasteiger partial charge in [0.2, 0.25) is 0 Å². The topological polar surface area (TPSA) is 32.4 Å². The molecule has 1 heterocycles. The molecule has 74 valence electrons. The molecule has 9 heteroatoms. The summed E-state index contributed by atoms with van der Waals surface area (Å²) in [5.41, 5.74) is 0. The summed E-state index contributed by atoms with van der Waals surface area (Å²) >= 11 is 0. The molecule has 0 aromatic rings. The van der Waals surface area contributed by atoms with Crippen LogP contribution in [0.2, 0.25) is 0 Å². The third kappa shape index (κ3) is 1.45. The number of ketones is 1. The van der Waals surface area contributed by atoms with Crippen molar-refractivity contribution in [2.45, 2.75) is 12.1 Å². The molecular weight excluding hydrogens is 206 g/mol. The van der Waals surface area contributed by atoms with Crippen molar-refractivity contribution in [3.63, 3.8) is 0 Å². The first-order valence-corrected chi connectivity index (χ1v) is 2.72. The maximum absolute atomic E-state index is 12.0. The van der Waals surface area contributed by atoms with Crippen LogP contribution in [0.5, 0.6) is 0 Å². The molecule has 13 heavy (non-hydrogen) atoms. The molecule has 0 unspecified atom stereocenters. The molecule has 0 N–H and O–H groups in total. The molecule has 0 amide bonds. The molecule has 1 aliphatic heterocycles. The Morgan fingerprint density at radius 1 is 1.23 bits per heavy atom. The first-order valence-electron chi connectivity index (χ1n) is 2.72. The summed E-state index contributed by atoms with van der Waals surface area (Å²) in [6.45, 7) is 0. The molecule has 0 atom stereocenters. The van der Waals surface area contributed by atoms with Gasteiger partial charge in [-0.15, -0.1) is 5.10 Å². The average molecular weight is 206 g/mol. The Hall–Kier alpha value is -1.28. The van der Waals surface area contributed by atoms with E-state index in [2.05, 4.69) is 5.10 Å². The minimum atomic E-state index is -6.03. The van der Waals surface area contributed by atoms with E-state index in [4.69, 9.17) is 0 Å². The number of alkyl halides is 5. The predicted molar refractivity (Wildman–Crippen MR) is 26.4 cm³/mol. The minimum absolute atomic E-state index is 0.845. The number of hydrogen-bond acceptors (Lipinski definition) is 3. The van der Waals surface area contributed by atoms with Gasteiger partial charge in [-0.05, 0) is 0 Å². The Balaban J connectivity index is 2.82. The SMILES string of the molecule is O=C(C1=NN1F)C(F)(F)C(F)(F)F. The van der Waals surface area contributed by atoms with Crippen LogP contribution in [0.4, 0.5) is 26.4 Å². The molecule has 0 saturated heterocycles. The number of amidine groups is 1. The monoisotopic (exact) mass is 206 g/mol. The third-order valence-electron chi connectivity index (χ3n) is 1.16. The number of Topliss-reactive ketones (excluding diaryl/α,β-unsaturated/α-hetero) is 1. The molecule has 3 nitrogen and oxygen atoms in total. The third-order valence-corrected chi connectivity index (χ3v) is 1.16. The minimum Gasteiger partial charge on any atom is -0.283 e. The van der Waals surface area contributed by atoms with Gasteiger partial charge in [0.1, 0.15) is 0 Å². The van der Waals surface area contributed by atoms with Crippen LogP contribution in [0.3, 0.4) is 0 Å². The van der Waals surface area contributed by atoms with Gasteiger partial charge in [-0.3, -0.25) is 4.79 Å². The van der Waals surface area contributed by atoms with Gasteiger partial charge in [-0.1, -0.05) is 9.71 Å². The molecule has 0 aliphatic carbocycles. The standard InChI is InChI=1S/C4F6N2O/c5-3(6,4(7,8)9)1(13)2-11-12(2)10. The van der Waals surface area contributed by atoms with Crippen molar-refractivity contribution < 1.29 is 31.2 Å². The number of hydrogen-bond donors (Lipinski definition) is 0. The molecule has 0 saturated carbocycles. The zero-order valence-corrected chi connectivity index (χ0v) is 5.57. The Morgan fingerprint density at radius 2 is 1.62 bits per heavy atom. The van der Waals surface area contributed by atoms with Crippen molar-refractivity contribution >= 4 is 11.6 Å². The molecule has 1 aliphatic rings. The summed E-state index contributed by atoms with van der Waals surface area (Å²) in [5.74, 6) is -9.81. The van der Waals surface area contributed by atoms with Crippen LogP contribution < -0.4 is 0 Å². The summed E-state index contributed by atoms with van der Waals surface area (Å²) in [7, 11) is 0. The largest absolute Gasteiger partial charge is 0.461 e. The Kier molecular flexibility index (Phi) is 1.78. The number of rotatable bonds is 2. The Labute approximate surface area is 66.5 Å². The van der Waals surface area contributed by atoms with Crippen LogP contribution >= 0.6 is 0 Å². The zero-order valence-electron chi connectivity index (χ0n) is 5.57. The lowest BCUT2D eigenvalue weighted by Gasteiger charge is -2.15. The fraction of sp³-hybridized carbons (Fsp3) is 0.500. The summed E-state index contributed by atoms with van der Waals surface area (Å²) in [6, 6.07) is 0. The Bertz CT molecular complexity index is 281. The van der Waals surface area contributed by atoms with Crippen LogP contribution in [0, 0.1) is 0 Å². The van der Waals surface area contributed by atoms with Gasteiger partial charge in [-0.25, -0.2) is 0 Å². The molecule has 0 bridgehead atoms. The van der Waals surface area contributed by atoms with Gasteiger partial charge >= 0.3 is 12.1 Å². The normalized spacial score (nSPS) is 17.1. The van der Waals surface area contributed by atoms with E-state index >= 15 is 0 Å². The van der Waals surface area contributed by atoms with Crippen molar-refractivity contribution in [2.24, 2.45) is 5.10 Å². The molecule has 0 aromatic heterocycles. The summed E-state index contributed by atoms with van der Waals surface area (Å²) in [5, 5.41) is 1.44. The van der Waals surface area contributed by atoms with E-state index in [-0.39, 0.29) is 0 Å². The van der Waals surface area contributed by atoms with E-state index in [0.29, 0.717) is 0 Å². The zero-order chi connectivity index (χ0) is 10.4. The van der Waals surface area contributed by atoms with Gasteiger partial charge in [0.15, 0.2) is 0 Å². The first-order chi connectivity index (χ1) is 5.68. The maximum Gasteiger partial charge on any atom is 0.461 e. The van der Waals surface area contributed by atoms with E-state index in [1.165, 1.54) is 0 Å². The van der Waals surface area contributed by atoms with E-state index in [9.17, 15) is 31.2 Å². The van der Waals surface area contributed by atoms with Crippen LogP contribution in [-0.2, 0) is 4.79 Å². The molecule has 1 rings (SSSR count). The van der Waals surface area contributed by atoms with Crippen molar-refractivity contribution in [3.05, 3.63) is 0 Å². The number of halogens is 6. The highest BCUT2D eigenvalue weighted by Gasteiger charge is 2.66. The highest BCUT2D eigenvalue weighted by atomic mass is 19.4. The molecule has 0 fully saturated rings. The lowest BCUT2D eigenvalue weighted by Crippen LogP contribution is -2.46. The van der Waals surface area contributed by atoms with E-state index in [1.54, 1.807) is 0 Å². The molecule has 0 radical (unpaired) electrons. The number of hydrazone groups is 1. The second-order valence-electron chi connectivity index (χ2n) is 2.08. The lowest BCUT2D eigenvalue weighted by molar-refractivity contribution is -0.265. The highest BCUT2D eigenvalue weighted by molar-refractivity contribution is 6.44. The fourth-order valence-electron chi connectivity index (χ4n) is 0.459. The smallest absolute Gasteiger partial charge is 0.283 e. The highest BCUT2D eigenvalue weighted by Crippen LogP contribution is 2.37. The molecule has 0 aromatic carbocycles. The van der Waals surface area contributed by atoms with E-state index < -0.39 is 28.9 Å². The summed E-state index contributed by atoms with van der Waals surface area (Å²) in [6.07, 6.45) is -6.03.